The van der Waals surface area contributed by atoms with Crippen LogP contribution in [0, 0.1) is 0 Å². The highest BCUT2D eigenvalue weighted by molar-refractivity contribution is 9.10. The second-order valence-electron chi connectivity index (χ2n) is 8.70. The van der Waals surface area contributed by atoms with Crippen molar-refractivity contribution in [3.63, 3.8) is 0 Å². The topological polar surface area (TPSA) is 109 Å². The molecular formula is C27H27BrN2O7S. The van der Waals surface area contributed by atoms with Crippen molar-refractivity contribution in [2.24, 2.45) is 4.99 Å². The average molecular weight is 603 g/mol. The number of esters is 1. The van der Waals surface area contributed by atoms with Crippen LogP contribution in [0.4, 0.5) is 0 Å². The summed E-state index contributed by atoms with van der Waals surface area (Å²) < 4.78 is 24.3. The summed E-state index contributed by atoms with van der Waals surface area (Å²) in [4.78, 5) is 32.3. The van der Waals surface area contributed by atoms with E-state index in [2.05, 4.69) is 20.9 Å². The number of phenolic OH excluding ortho intramolecular Hbond substituents is 1. The lowest BCUT2D eigenvalue weighted by Crippen LogP contribution is -2.40. The van der Waals surface area contributed by atoms with Crippen LogP contribution in [0.15, 0.2) is 55.9 Å². The first-order valence-electron chi connectivity index (χ1n) is 11.6. The molecular weight excluding hydrogens is 576 g/mol. The van der Waals surface area contributed by atoms with Crippen molar-refractivity contribution in [3.8, 4) is 23.0 Å². The van der Waals surface area contributed by atoms with E-state index in [0.29, 0.717) is 31.9 Å². The van der Waals surface area contributed by atoms with Gasteiger partial charge in [0.25, 0.3) is 5.56 Å². The van der Waals surface area contributed by atoms with Gasteiger partial charge in [0.1, 0.15) is 11.8 Å². The predicted molar refractivity (Wildman–Crippen MR) is 147 cm³/mol. The number of thiazole rings is 1. The van der Waals surface area contributed by atoms with E-state index in [4.69, 9.17) is 18.9 Å². The van der Waals surface area contributed by atoms with E-state index in [1.165, 1.54) is 37.2 Å². The van der Waals surface area contributed by atoms with Crippen LogP contribution < -0.4 is 29.1 Å². The highest BCUT2D eigenvalue weighted by atomic mass is 79.9. The number of ether oxygens (including phenoxy) is 4. The molecule has 200 valence electrons. The van der Waals surface area contributed by atoms with Crippen molar-refractivity contribution in [1.82, 2.24) is 4.57 Å². The molecule has 2 aromatic carbocycles. The highest BCUT2D eigenvalue weighted by Gasteiger charge is 2.35. The number of halogens is 1. The van der Waals surface area contributed by atoms with E-state index in [0.717, 1.165) is 4.47 Å². The van der Waals surface area contributed by atoms with Crippen LogP contribution in [0.25, 0.3) is 6.08 Å². The zero-order valence-corrected chi connectivity index (χ0v) is 24.1. The minimum atomic E-state index is -0.837. The molecule has 4 rings (SSSR count). The van der Waals surface area contributed by atoms with Crippen molar-refractivity contribution < 1.29 is 28.8 Å². The maximum atomic E-state index is 13.9. The zero-order valence-electron chi connectivity index (χ0n) is 21.7. The SMILES string of the molecule is COc1ccc(Br)cc1[C@@H]1C(C(=O)OC(C)C)=C(C)N=c2s/c(=C\c3cc(OC)c(O)c(OC)c3)c(=O)n21. The monoisotopic (exact) mass is 602 g/mol. The van der Waals surface area contributed by atoms with Gasteiger partial charge in [-0.25, -0.2) is 9.79 Å². The first kappa shape index (κ1) is 27.5. The van der Waals surface area contributed by atoms with Gasteiger partial charge >= 0.3 is 5.97 Å². The van der Waals surface area contributed by atoms with E-state index in [1.54, 1.807) is 45.0 Å². The van der Waals surface area contributed by atoms with Gasteiger partial charge in [0, 0.05) is 10.0 Å². The van der Waals surface area contributed by atoms with Crippen LogP contribution in [-0.4, -0.2) is 43.1 Å². The first-order chi connectivity index (χ1) is 18.1. The molecule has 38 heavy (non-hydrogen) atoms. The van der Waals surface area contributed by atoms with Crippen LogP contribution in [0.5, 0.6) is 23.0 Å². The van der Waals surface area contributed by atoms with Gasteiger partial charge in [-0.15, -0.1) is 0 Å². The van der Waals surface area contributed by atoms with Crippen LogP contribution in [-0.2, 0) is 9.53 Å². The van der Waals surface area contributed by atoms with Gasteiger partial charge in [-0.3, -0.25) is 9.36 Å². The lowest BCUT2D eigenvalue weighted by Gasteiger charge is -2.26. The van der Waals surface area contributed by atoms with E-state index in [-0.39, 0.29) is 34.5 Å². The number of aromatic nitrogens is 1. The Balaban J connectivity index is 2.00. The largest absolute Gasteiger partial charge is 0.502 e. The quantitative estimate of drug-likeness (QED) is 0.411. The maximum Gasteiger partial charge on any atom is 0.338 e. The van der Waals surface area contributed by atoms with E-state index < -0.39 is 12.0 Å². The summed E-state index contributed by atoms with van der Waals surface area (Å²) in [6.45, 7) is 5.25. The molecule has 0 saturated carbocycles. The standard InChI is InChI=1S/C27H27BrN2O7S/c1-13(2)37-26(33)22-14(3)29-27-30(23(22)17-12-16(28)7-8-18(17)34-4)25(32)21(38-27)11-15-9-19(35-5)24(31)20(10-15)36-6/h7-13,23,31H,1-6H3/b21-11-/t23-/m1/s1. The van der Waals surface area contributed by atoms with Crippen molar-refractivity contribution in [2.75, 3.05) is 21.3 Å². The molecule has 1 aliphatic heterocycles. The fraction of sp³-hybridized carbons (Fsp3) is 0.296. The molecule has 0 saturated heterocycles. The van der Waals surface area contributed by atoms with Crippen molar-refractivity contribution in [1.29, 1.82) is 0 Å². The summed E-state index contributed by atoms with van der Waals surface area (Å²) in [5.74, 6) is 0.213. The number of carbonyl (C=O) groups is 1. The number of hydrogen-bond acceptors (Lipinski definition) is 9. The number of carbonyl (C=O) groups excluding carboxylic acids is 1. The normalized spacial score (nSPS) is 15.3. The molecule has 11 heteroatoms. The van der Waals surface area contributed by atoms with Gasteiger partial charge in [0.05, 0.1) is 43.2 Å². The predicted octanol–water partition coefficient (Wildman–Crippen LogP) is 3.68. The number of allylic oxidation sites excluding steroid dienone is 1. The van der Waals surface area contributed by atoms with Crippen molar-refractivity contribution in [3.05, 3.63) is 76.9 Å². The smallest absolute Gasteiger partial charge is 0.338 e. The third-order valence-electron chi connectivity index (χ3n) is 5.87. The van der Waals surface area contributed by atoms with Crippen LogP contribution in [0.2, 0.25) is 0 Å². The molecule has 9 nitrogen and oxygen atoms in total. The molecule has 0 unspecified atom stereocenters. The molecule has 0 fully saturated rings. The summed E-state index contributed by atoms with van der Waals surface area (Å²) in [5, 5.41) is 10.3. The van der Waals surface area contributed by atoms with Gasteiger partial charge < -0.3 is 24.1 Å². The minimum absolute atomic E-state index is 0.140. The number of hydrogen-bond donors (Lipinski definition) is 1. The van der Waals surface area contributed by atoms with Crippen molar-refractivity contribution in [2.45, 2.75) is 32.9 Å². The van der Waals surface area contributed by atoms with Crippen LogP contribution in [0.1, 0.15) is 37.9 Å². The van der Waals surface area contributed by atoms with Gasteiger partial charge in [0.15, 0.2) is 16.3 Å². The number of rotatable bonds is 7. The second kappa shape index (κ2) is 11.0. The molecule has 1 aromatic heterocycles. The summed E-state index contributed by atoms with van der Waals surface area (Å²) in [7, 11) is 4.39. The number of benzene rings is 2. The van der Waals surface area contributed by atoms with E-state index in [1.807, 2.05) is 12.1 Å². The lowest BCUT2D eigenvalue weighted by molar-refractivity contribution is -0.143. The summed E-state index contributed by atoms with van der Waals surface area (Å²) in [6.07, 6.45) is 1.30. The molecule has 0 amide bonds. The Labute approximate surface area is 231 Å². The number of methoxy groups -OCH3 is 3. The Hall–Kier alpha value is -3.57. The molecule has 1 N–H and O–H groups in total. The summed E-state index contributed by atoms with van der Waals surface area (Å²) in [5.41, 5.74) is 1.53. The maximum absolute atomic E-state index is 13.9. The van der Waals surface area contributed by atoms with Crippen LogP contribution >= 0.6 is 27.3 Å². The molecule has 1 aliphatic rings. The average Bonchev–Trinajstić information content (AvgIpc) is 3.17. The van der Waals surface area contributed by atoms with E-state index >= 15 is 0 Å². The highest BCUT2D eigenvalue weighted by Crippen LogP contribution is 2.38. The van der Waals surface area contributed by atoms with Crippen molar-refractivity contribution >= 4 is 39.3 Å². The fourth-order valence-electron chi connectivity index (χ4n) is 4.22. The number of aromatic hydroxyl groups is 1. The van der Waals surface area contributed by atoms with E-state index in [9.17, 15) is 14.7 Å². The first-order valence-corrected chi connectivity index (χ1v) is 13.2. The Bertz CT molecular complexity index is 1600. The molecule has 2 heterocycles. The number of fused-ring (bicyclic) bond motifs is 1. The third kappa shape index (κ3) is 5.08. The Morgan fingerprint density at radius 2 is 1.74 bits per heavy atom. The summed E-state index contributed by atoms with van der Waals surface area (Å²) >= 11 is 4.68. The third-order valence-corrected chi connectivity index (χ3v) is 7.35. The number of nitrogens with zero attached hydrogens (tertiary/aromatic N) is 2. The van der Waals surface area contributed by atoms with Crippen LogP contribution in [0.3, 0.4) is 0 Å². The molecule has 1 atom stereocenters. The molecule has 3 aromatic rings. The van der Waals surface area contributed by atoms with Gasteiger partial charge in [-0.1, -0.05) is 27.3 Å². The fourth-order valence-corrected chi connectivity index (χ4v) is 5.65. The molecule has 0 bridgehead atoms. The molecule has 0 spiro atoms. The minimum Gasteiger partial charge on any atom is -0.502 e. The van der Waals surface area contributed by atoms with Gasteiger partial charge in [-0.2, -0.15) is 0 Å². The second-order valence-corrected chi connectivity index (χ2v) is 10.6. The molecule has 0 aliphatic carbocycles. The van der Waals surface area contributed by atoms with Gasteiger partial charge in [-0.05, 0) is 62.7 Å². The summed E-state index contributed by atoms with van der Waals surface area (Å²) in [6, 6.07) is 7.77. The Morgan fingerprint density at radius 3 is 2.32 bits per heavy atom. The molecule has 0 radical (unpaired) electrons. The Kier molecular flexibility index (Phi) is 7.98. The van der Waals surface area contributed by atoms with Gasteiger partial charge in [0.2, 0.25) is 5.75 Å². The number of phenols is 1. The lowest BCUT2D eigenvalue weighted by atomic mass is 9.95. The zero-order chi connectivity index (χ0) is 27.7. The Morgan fingerprint density at radius 1 is 1.11 bits per heavy atom.